The molecule has 0 bridgehead atoms. The molecule has 1 atom stereocenters. The molecule has 0 fully saturated rings. The molecule has 7 heteroatoms. The second-order valence-electron chi connectivity index (χ2n) is 5.40. The van der Waals surface area contributed by atoms with Gasteiger partial charge in [-0.25, -0.2) is 0 Å². The lowest BCUT2D eigenvalue weighted by molar-refractivity contribution is -0.135. The van der Waals surface area contributed by atoms with Crippen molar-refractivity contribution in [3.63, 3.8) is 0 Å². The minimum absolute atomic E-state index is 0.0798. The Morgan fingerprint density at radius 3 is 3.05 bits per heavy atom. The fraction of sp³-hybridized carbons (Fsp3) is 0.467. The summed E-state index contributed by atoms with van der Waals surface area (Å²) in [6.45, 7) is 5.94. The second-order valence-corrected chi connectivity index (χ2v) is 5.40. The average Bonchev–Trinajstić information content (AvgIpc) is 3.07. The highest BCUT2D eigenvalue weighted by Crippen LogP contribution is 2.21. The number of aromatic nitrogens is 4. The maximum atomic E-state index is 12.6. The van der Waals surface area contributed by atoms with Crippen molar-refractivity contribution < 1.29 is 4.79 Å². The molecule has 0 radical (unpaired) electrons. The van der Waals surface area contributed by atoms with E-state index in [2.05, 4.69) is 20.6 Å². The van der Waals surface area contributed by atoms with Gasteiger partial charge in [-0.1, -0.05) is 0 Å². The fourth-order valence-corrected chi connectivity index (χ4v) is 2.67. The van der Waals surface area contributed by atoms with E-state index in [1.807, 2.05) is 37.1 Å². The molecule has 116 valence electrons. The molecule has 2 aromatic rings. The van der Waals surface area contributed by atoms with E-state index in [0.717, 1.165) is 30.0 Å². The van der Waals surface area contributed by atoms with E-state index >= 15 is 0 Å². The Morgan fingerprint density at radius 1 is 1.45 bits per heavy atom. The van der Waals surface area contributed by atoms with E-state index in [-0.39, 0.29) is 11.9 Å². The number of carbonyl (C=O) groups is 1. The molecule has 0 unspecified atom stereocenters. The molecule has 3 heterocycles. The molecule has 0 aromatic carbocycles. The minimum atomic E-state index is -0.292. The lowest BCUT2D eigenvalue weighted by atomic mass is 10.1. The standard InChI is InChI=1S/C15H20N6O/c1-3-16-14-9-12-10-20(8-5-13(12)18-19-14)15(22)11(2)21-7-4-6-17-21/h4,6-7,9,11H,3,5,8,10H2,1-2H3,(H,16,19)/t11-/m0/s1. The Labute approximate surface area is 129 Å². The smallest absolute Gasteiger partial charge is 0.247 e. The number of nitrogens with one attached hydrogen (secondary N) is 1. The Hall–Kier alpha value is -2.44. The summed E-state index contributed by atoms with van der Waals surface area (Å²) in [5, 5.41) is 15.7. The molecule has 3 rings (SSSR count). The molecule has 1 aliphatic rings. The largest absolute Gasteiger partial charge is 0.369 e. The van der Waals surface area contributed by atoms with Gasteiger partial charge in [-0.2, -0.15) is 10.2 Å². The number of carbonyl (C=O) groups excluding carboxylic acids is 1. The number of hydrogen-bond donors (Lipinski definition) is 1. The van der Waals surface area contributed by atoms with E-state index in [1.165, 1.54) is 0 Å². The third-order valence-electron chi connectivity index (χ3n) is 3.89. The van der Waals surface area contributed by atoms with E-state index in [1.54, 1.807) is 10.9 Å². The molecule has 22 heavy (non-hydrogen) atoms. The summed E-state index contributed by atoms with van der Waals surface area (Å²) in [6.07, 6.45) is 4.25. The van der Waals surface area contributed by atoms with Crippen molar-refractivity contribution in [2.45, 2.75) is 32.9 Å². The number of fused-ring (bicyclic) bond motifs is 1. The quantitative estimate of drug-likeness (QED) is 0.919. The molecule has 1 amide bonds. The van der Waals surface area contributed by atoms with Gasteiger partial charge in [0.25, 0.3) is 0 Å². The van der Waals surface area contributed by atoms with Crippen LogP contribution < -0.4 is 5.32 Å². The van der Waals surface area contributed by atoms with Crippen molar-refractivity contribution >= 4 is 11.7 Å². The van der Waals surface area contributed by atoms with Crippen LogP contribution in [0.4, 0.5) is 5.82 Å². The molecule has 7 nitrogen and oxygen atoms in total. The summed E-state index contributed by atoms with van der Waals surface area (Å²) in [5.74, 6) is 0.840. The summed E-state index contributed by atoms with van der Waals surface area (Å²) in [6, 6.07) is 3.52. The molecular weight excluding hydrogens is 280 g/mol. The van der Waals surface area contributed by atoms with Crippen LogP contribution in [0.3, 0.4) is 0 Å². The lowest BCUT2D eigenvalue weighted by Gasteiger charge is -2.30. The number of amides is 1. The van der Waals surface area contributed by atoms with Crippen molar-refractivity contribution in [3.8, 4) is 0 Å². The van der Waals surface area contributed by atoms with Gasteiger partial charge in [0.15, 0.2) is 0 Å². The first-order valence-corrected chi connectivity index (χ1v) is 7.56. The second kappa shape index (κ2) is 6.13. The van der Waals surface area contributed by atoms with Gasteiger partial charge in [0.2, 0.25) is 5.91 Å². The van der Waals surface area contributed by atoms with Crippen molar-refractivity contribution in [2.75, 3.05) is 18.4 Å². The lowest BCUT2D eigenvalue weighted by Crippen LogP contribution is -2.40. The van der Waals surface area contributed by atoms with Crippen LogP contribution in [-0.2, 0) is 17.8 Å². The number of rotatable bonds is 4. The van der Waals surface area contributed by atoms with Gasteiger partial charge in [-0.05, 0) is 31.5 Å². The van der Waals surface area contributed by atoms with Gasteiger partial charge < -0.3 is 10.2 Å². The Bertz CT molecular complexity index is 654. The molecule has 0 aliphatic carbocycles. The van der Waals surface area contributed by atoms with Gasteiger partial charge in [-0.3, -0.25) is 9.48 Å². The van der Waals surface area contributed by atoms with E-state index in [4.69, 9.17) is 0 Å². The van der Waals surface area contributed by atoms with Gasteiger partial charge in [0.1, 0.15) is 11.9 Å². The summed E-state index contributed by atoms with van der Waals surface area (Å²) in [5.41, 5.74) is 2.05. The predicted molar refractivity (Wildman–Crippen MR) is 82.3 cm³/mol. The highest BCUT2D eigenvalue weighted by atomic mass is 16.2. The molecule has 0 saturated carbocycles. The van der Waals surface area contributed by atoms with Gasteiger partial charge >= 0.3 is 0 Å². The highest BCUT2D eigenvalue weighted by Gasteiger charge is 2.26. The minimum Gasteiger partial charge on any atom is -0.369 e. The Balaban J connectivity index is 1.75. The zero-order valence-electron chi connectivity index (χ0n) is 12.9. The van der Waals surface area contributed by atoms with Crippen LogP contribution in [0, 0.1) is 0 Å². The molecule has 2 aromatic heterocycles. The SMILES string of the molecule is CCNc1cc2c(nn1)CCN(C(=O)[C@H](C)n1cccn1)C2. The predicted octanol–water partition coefficient (Wildman–Crippen LogP) is 1.25. The summed E-state index contributed by atoms with van der Waals surface area (Å²) in [4.78, 5) is 14.5. The maximum Gasteiger partial charge on any atom is 0.247 e. The molecule has 1 aliphatic heterocycles. The van der Waals surface area contributed by atoms with Crippen LogP contribution in [0.25, 0.3) is 0 Å². The first-order valence-electron chi connectivity index (χ1n) is 7.56. The average molecular weight is 300 g/mol. The monoisotopic (exact) mass is 300 g/mol. The highest BCUT2D eigenvalue weighted by molar-refractivity contribution is 5.80. The van der Waals surface area contributed by atoms with Crippen molar-refractivity contribution in [2.24, 2.45) is 0 Å². The van der Waals surface area contributed by atoms with Crippen molar-refractivity contribution in [1.29, 1.82) is 0 Å². The number of hydrogen-bond acceptors (Lipinski definition) is 5. The van der Waals surface area contributed by atoms with E-state index in [0.29, 0.717) is 13.1 Å². The normalized spacial score (nSPS) is 15.3. The first kappa shape index (κ1) is 14.5. The molecule has 0 spiro atoms. The summed E-state index contributed by atoms with van der Waals surface area (Å²) in [7, 11) is 0. The van der Waals surface area contributed by atoms with Gasteiger partial charge in [-0.15, -0.1) is 5.10 Å². The zero-order valence-corrected chi connectivity index (χ0v) is 12.9. The summed E-state index contributed by atoms with van der Waals surface area (Å²) >= 11 is 0. The molecule has 1 N–H and O–H groups in total. The Morgan fingerprint density at radius 2 is 2.32 bits per heavy atom. The van der Waals surface area contributed by atoms with Crippen LogP contribution in [-0.4, -0.2) is 43.9 Å². The van der Waals surface area contributed by atoms with Crippen LogP contribution in [0.5, 0.6) is 0 Å². The van der Waals surface area contributed by atoms with Crippen LogP contribution >= 0.6 is 0 Å². The van der Waals surface area contributed by atoms with E-state index in [9.17, 15) is 4.79 Å². The van der Waals surface area contributed by atoms with Gasteiger partial charge in [0.05, 0.1) is 5.69 Å². The van der Waals surface area contributed by atoms with Gasteiger partial charge in [0, 0.05) is 38.4 Å². The fourth-order valence-electron chi connectivity index (χ4n) is 2.67. The zero-order chi connectivity index (χ0) is 15.5. The topological polar surface area (TPSA) is 75.9 Å². The van der Waals surface area contributed by atoms with E-state index < -0.39 is 0 Å². The third-order valence-corrected chi connectivity index (χ3v) is 3.89. The Kier molecular flexibility index (Phi) is 4.04. The number of nitrogens with zero attached hydrogens (tertiary/aromatic N) is 5. The van der Waals surface area contributed by atoms with Crippen molar-refractivity contribution in [3.05, 3.63) is 35.8 Å². The number of anilines is 1. The molecular formula is C15H20N6O. The maximum absolute atomic E-state index is 12.6. The third kappa shape index (κ3) is 2.79. The first-order chi connectivity index (χ1) is 10.7. The summed E-state index contributed by atoms with van der Waals surface area (Å²) < 4.78 is 1.69. The van der Waals surface area contributed by atoms with Crippen LogP contribution in [0.2, 0.25) is 0 Å². The van der Waals surface area contributed by atoms with Crippen LogP contribution in [0.15, 0.2) is 24.5 Å². The van der Waals surface area contributed by atoms with Crippen molar-refractivity contribution in [1.82, 2.24) is 24.9 Å². The van der Waals surface area contributed by atoms with Crippen LogP contribution in [0.1, 0.15) is 31.1 Å². The molecule has 0 saturated heterocycles.